The van der Waals surface area contributed by atoms with E-state index in [1.165, 1.54) is 12.8 Å². The molecular formula is C14H17BrN2O. The number of hydrogen-bond acceptors (Lipinski definition) is 3. The van der Waals surface area contributed by atoms with Crippen molar-refractivity contribution in [2.45, 2.75) is 32.6 Å². The number of nitrogen functional groups attached to an aromatic ring is 1. The molecule has 1 aromatic carbocycles. The highest BCUT2D eigenvalue weighted by molar-refractivity contribution is 9.10. The first-order chi connectivity index (χ1) is 8.72. The van der Waals surface area contributed by atoms with E-state index < -0.39 is 0 Å². The SMILES string of the molecule is CCCCCc1onc(N)c1-c1ccc(Br)cc1. The van der Waals surface area contributed by atoms with E-state index in [0.29, 0.717) is 5.82 Å². The van der Waals surface area contributed by atoms with E-state index in [9.17, 15) is 0 Å². The minimum absolute atomic E-state index is 0.476. The molecule has 0 aliphatic rings. The van der Waals surface area contributed by atoms with Crippen molar-refractivity contribution in [1.29, 1.82) is 0 Å². The fraction of sp³-hybridized carbons (Fsp3) is 0.357. The summed E-state index contributed by atoms with van der Waals surface area (Å²) >= 11 is 3.43. The van der Waals surface area contributed by atoms with Crippen molar-refractivity contribution in [2.75, 3.05) is 5.73 Å². The van der Waals surface area contributed by atoms with Gasteiger partial charge in [-0.3, -0.25) is 0 Å². The third kappa shape index (κ3) is 2.93. The first kappa shape index (κ1) is 13.1. The number of aromatic nitrogens is 1. The molecule has 2 aromatic rings. The minimum atomic E-state index is 0.476. The Kier molecular flexibility index (Phi) is 4.42. The summed E-state index contributed by atoms with van der Waals surface area (Å²) in [5.74, 6) is 1.37. The van der Waals surface area contributed by atoms with Crippen molar-refractivity contribution < 1.29 is 4.52 Å². The van der Waals surface area contributed by atoms with E-state index >= 15 is 0 Å². The van der Waals surface area contributed by atoms with Crippen LogP contribution in [-0.4, -0.2) is 5.16 Å². The quantitative estimate of drug-likeness (QED) is 0.832. The fourth-order valence-electron chi connectivity index (χ4n) is 1.97. The second-order valence-electron chi connectivity index (χ2n) is 4.33. The predicted octanol–water partition coefficient (Wildman–Crippen LogP) is 4.42. The van der Waals surface area contributed by atoms with Crippen molar-refractivity contribution in [3.63, 3.8) is 0 Å². The van der Waals surface area contributed by atoms with Crippen LogP contribution in [-0.2, 0) is 6.42 Å². The van der Waals surface area contributed by atoms with Gasteiger partial charge < -0.3 is 10.3 Å². The van der Waals surface area contributed by atoms with Gasteiger partial charge in [-0.2, -0.15) is 0 Å². The molecule has 1 aromatic heterocycles. The van der Waals surface area contributed by atoms with E-state index in [0.717, 1.165) is 34.2 Å². The topological polar surface area (TPSA) is 52.0 Å². The molecule has 0 unspecified atom stereocenters. The first-order valence-electron chi connectivity index (χ1n) is 6.22. The molecular weight excluding hydrogens is 292 g/mol. The zero-order chi connectivity index (χ0) is 13.0. The smallest absolute Gasteiger partial charge is 0.175 e. The van der Waals surface area contributed by atoms with Gasteiger partial charge in [0.15, 0.2) is 5.82 Å². The molecule has 0 bridgehead atoms. The maximum Gasteiger partial charge on any atom is 0.175 e. The van der Waals surface area contributed by atoms with Crippen LogP contribution in [0.15, 0.2) is 33.3 Å². The average Bonchev–Trinajstić information content (AvgIpc) is 2.72. The first-order valence-corrected chi connectivity index (χ1v) is 7.01. The van der Waals surface area contributed by atoms with Gasteiger partial charge in [-0.1, -0.05) is 53.0 Å². The second kappa shape index (κ2) is 6.05. The Bertz CT molecular complexity index is 505. The number of nitrogens with zero attached hydrogens (tertiary/aromatic N) is 1. The molecule has 2 rings (SSSR count). The molecule has 0 radical (unpaired) electrons. The van der Waals surface area contributed by atoms with Gasteiger partial charge in [-0.15, -0.1) is 0 Å². The standard InChI is InChI=1S/C14H17BrN2O/c1-2-3-4-5-12-13(14(16)17-18-12)10-6-8-11(15)9-7-10/h6-9H,2-5H2,1H3,(H2,16,17). The number of halogens is 1. The highest BCUT2D eigenvalue weighted by Gasteiger charge is 2.15. The van der Waals surface area contributed by atoms with Crippen molar-refractivity contribution in [3.8, 4) is 11.1 Å². The van der Waals surface area contributed by atoms with Crippen LogP contribution in [0.5, 0.6) is 0 Å². The molecule has 0 saturated carbocycles. The summed E-state index contributed by atoms with van der Waals surface area (Å²) in [5.41, 5.74) is 7.90. The number of benzene rings is 1. The van der Waals surface area contributed by atoms with Crippen LogP contribution in [0.4, 0.5) is 5.82 Å². The predicted molar refractivity (Wildman–Crippen MR) is 77.3 cm³/mol. The van der Waals surface area contributed by atoms with Crippen LogP contribution < -0.4 is 5.73 Å². The lowest BCUT2D eigenvalue weighted by atomic mass is 10.0. The van der Waals surface area contributed by atoms with E-state index in [4.69, 9.17) is 10.3 Å². The van der Waals surface area contributed by atoms with Crippen LogP contribution in [0.25, 0.3) is 11.1 Å². The molecule has 18 heavy (non-hydrogen) atoms. The van der Waals surface area contributed by atoms with Crippen LogP contribution in [0.1, 0.15) is 31.9 Å². The van der Waals surface area contributed by atoms with Gasteiger partial charge in [-0.25, -0.2) is 0 Å². The van der Waals surface area contributed by atoms with Gasteiger partial charge >= 0.3 is 0 Å². The summed E-state index contributed by atoms with van der Waals surface area (Å²) in [4.78, 5) is 0. The Labute approximate surface area is 115 Å². The molecule has 2 N–H and O–H groups in total. The normalized spacial score (nSPS) is 10.8. The molecule has 3 nitrogen and oxygen atoms in total. The minimum Gasteiger partial charge on any atom is -0.380 e. The number of aryl methyl sites for hydroxylation is 1. The lowest BCUT2D eigenvalue weighted by molar-refractivity contribution is 0.382. The van der Waals surface area contributed by atoms with Crippen molar-refractivity contribution in [3.05, 3.63) is 34.5 Å². The molecule has 0 fully saturated rings. The van der Waals surface area contributed by atoms with Gasteiger partial charge in [0.1, 0.15) is 5.76 Å². The zero-order valence-electron chi connectivity index (χ0n) is 10.4. The Morgan fingerprint density at radius 1 is 1.22 bits per heavy atom. The Hall–Kier alpha value is -1.29. The molecule has 0 amide bonds. The van der Waals surface area contributed by atoms with Crippen LogP contribution in [0.3, 0.4) is 0 Å². The molecule has 96 valence electrons. The summed E-state index contributed by atoms with van der Waals surface area (Å²) in [5, 5.41) is 3.89. The molecule has 0 aliphatic heterocycles. The highest BCUT2D eigenvalue weighted by atomic mass is 79.9. The van der Waals surface area contributed by atoms with E-state index in [1.54, 1.807) is 0 Å². The number of hydrogen-bond donors (Lipinski definition) is 1. The lowest BCUT2D eigenvalue weighted by Gasteiger charge is -2.02. The highest BCUT2D eigenvalue weighted by Crippen LogP contribution is 2.31. The Balaban J connectivity index is 2.25. The zero-order valence-corrected chi connectivity index (χ0v) is 12.0. The number of rotatable bonds is 5. The van der Waals surface area contributed by atoms with Crippen LogP contribution in [0.2, 0.25) is 0 Å². The van der Waals surface area contributed by atoms with Gasteiger partial charge in [0.2, 0.25) is 0 Å². The van der Waals surface area contributed by atoms with E-state index in [-0.39, 0.29) is 0 Å². The van der Waals surface area contributed by atoms with Crippen molar-refractivity contribution >= 4 is 21.7 Å². The van der Waals surface area contributed by atoms with Crippen LogP contribution >= 0.6 is 15.9 Å². The largest absolute Gasteiger partial charge is 0.380 e. The molecule has 0 spiro atoms. The van der Waals surface area contributed by atoms with Gasteiger partial charge in [-0.05, 0) is 24.1 Å². The van der Waals surface area contributed by atoms with Gasteiger partial charge in [0.05, 0.1) is 5.56 Å². The number of nitrogens with two attached hydrogens (primary N) is 1. The van der Waals surface area contributed by atoms with E-state index in [2.05, 4.69) is 28.0 Å². The maximum atomic E-state index is 5.90. The molecule has 0 aliphatic carbocycles. The third-order valence-corrected chi connectivity index (χ3v) is 3.46. The molecule has 0 saturated heterocycles. The van der Waals surface area contributed by atoms with Crippen molar-refractivity contribution in [1.82, 2.24) is 5.16 Å². The Morgan fingerprint density at radius 2 is 1.94 bits per heavy atom. The molecule has 0 atom stereocenters. The maximum absolute atomic E-state index is 5.90. The second-order valence-corrected chi connectivity index (χ2v) is 5.25. The van der Waals surface area contributed by atoms with Crippen LogP contribution in [0, 0.1) is 0 Å². The number of unbranched alkanes of at least 4 members (excludes halogenated alkanes) is 2. The van der Waals surface area contributed by atoms with E-state index in [1.807, 2.05) is 24.3 Å². The molecule has 4 heteroatoms. The summed E-state index contributed by atoms with van der Waals surface area (Å²) in [7, 11) is 0. The Morgan fingerprint density at radius 3 is 2.61 bits per heavy atom. The number of anilines is 1. The summed E-state index contributed by atoms with van der Waals surface area (Å²) in [6.45, 7) is 2.18. The molecule has 1 heterocycles. The summed E-state index contributed by atoms with van der Waals surface area (Å²) in [6, 6.07) is 8.04. The van der Waals surface area contributed by atoms with Crippen molar-refractivity contribution in [2.24, 2.45) is 0 Å². The third-order valence-electron chi connectivity index (χ3n) is 2.93. The summed E-state index contributed by atoms with van der Waals surface area (Å²) in [6.07, 6.45) is 4.38. The lowest BCUT2D eigenvalue weighted by Crippen LogP contribution is -1.91. The average molecular weight is 309 g/mol. The summed E-state index contributed by atoms with van der Waals surface area (Å²) < 4.78 is 6.39. The van der Waals surface area contributed by atoms with Gasteiger partial charge in [0, 0.05) is 10.9 Å². The van der Waals surface area contributed by atoms with Gasteiger partial charge in [0.25, 0.3) is 0 Å². The monoisotopic (exact) mass is 308 g/mol. The fourth-order valence-corrected chi connectivity index (χ4v) is 2.23.